The Labute approximate surface area is 124 Å². The zero-order valence-corrected chi connectivity index (χ0v) is 12.3. The smallest absolute Gasteiger partial charge is 0.258 e. The number of hydrogen-bond donors (Lipinski definition) is 2. The van der Waals surface area contributed by atoms with E-state index in [0.29, 0.717) is 11.7 Å². The molecule has 1 aromatic carbocycles. The van der Waals surface area contributed by atoms with Gasteiger partial charge in [-0.25, -0.2) is 0 Å². The summed E-state index contributed by atoms with van der Waals surface area (Å²) in [6.45, 7) is 2.06. The van der Waals surface area contributed by atoms with E-state index in [9.17, 15) is 9.59 Å². The predicted octanol–water partition coefficient (Wildman–Crippen LogP) is 1.86. The van der Waals surface area contributed by atoms with E-state index in [0.717, 1.165) is 19.3 Å². The van der Waals surface area contributed by atoms with Crippen LogP contribution in [0.15, 0.2) is 24.3 Å². The maximum absolute atomic E-state index is 12.0. The van der Waals surface area contributed by atoms with E-state index in [1.165, 1.54) is 6.42 Å². The largest absolute Gasteiger partial charge is 0.483 e. The summed E-state index contributed by atoms with van der Waals surface area (Å²) in [5, 5.41) is 3.01. The molecule has 5 nitrogen and oxygen atoms in total. The van der Waals surface area contributed by atoms with Crippen molar-refractivity contribution in [1.29, 1.82) is 0 Å². The molecule has 2 atom stereocenters. The lowest BCUT2D eigenvalue weighted by Gasteiger charge is -2.29. The number of primary amides is 1. The fraction of sp³-hybridized carbons (Fsp3) is 0.500. The minimum atomic E-state index is -0.563. The molecule has 5 heteroatoms. The molecule has 0 spiro atoms. The predicted molar refractivity (Wildman–Crippen MR) is 80.0 cm³/mol. The summed E-state index contributed by atoms with van der Waals surface area (Å²) in [7, 11) is 0. The summed E-state index contributed by atoms with van der Waals surface area (Å²) in [4.78, 5) is 23.2. The molecule has 1 aliphatic carbocycles. The normalized spacial score (nSPS) is 21.6. The van der Waals surface area contributed by atoms with E-state index >= 15 is 0 Å². The first-order valence-electron chi connectivity index (χ1n) is 7.39. The number of nitrogens with one attached hydrogen (secondary N) is 1. The molecule has 114 valence electrons. The molecular weight excluding hydrogens is 268 g/mol. The summed E-state index contributed by atoms with van der Waals surface area (Å²) >= 11 is 0. The summed E-state index contributed by atoms with van der Waals surface area (Å²) in [5.74, 6) is 0.123. The van der Waals surface area contributed by atoms with Crippen molar-refractivity contribution in [3.8, 4) is 5.75 Å². The molecule has 1 saturated carbocycles. The Bertz CT molecular complexity index is 516. The van der Waals surface area contributed by atoms with E-state index in [4.69, 9.17) is 10.5 Å². The minimum Gasteiger partial charge on any atom is -0.483 e. The van der Waals surface area contributed by atoms with E-state index in [1.807, 2.05) is 0 Å². The van der Waals surface area contributed by atoms with E-state index < -0.39 is 5.91 Å². The van der Waals surface area contributed by atoms with Gasteiger partial charge in [0.1, 0.15) is 5.75 Å². The molecule has 0 aromatic heterocycles. The number of ether oxygens (including phenoxy) is 1. The molecule has 1 aromatic rings. The van der Waals surface area contributed by atoms with Gasteiger partial charge in [0.25, 0.3) is 11.8 Å². The molecule has 0 aliphatic heterocycles. The van der Waals surface area contributed by atoms with Crippen LogP contribution < -0.4 is 15.8 Å². The van der Waals surface area contributed by atoms with Crippen molar-refractivity contribution in [2.75, 3.05) is 6.61 Å². The molecule has 2 amide bonds. The van der Waals surface area contributed by atoms with Gasteiger partial charge in [0.15, 0.2) is 6.61 Å². The van der Waals surface area contributed by atoms with Gasteiger partial charge in [-0.15, -0.1) is 0 Å². The molecule has 0 unspecified atom stereocenters. The molecule has 0 saturated heterocycles. The van der Waals surface area contributed by atoms with Gasteiger partial charge >= 0.3 is 0 Å². The first-order chi connectivity index (χ1) is 10.1. The van der Waals surface area contributed by atoms with Crippen LogP contribution in [-0.2, 0) is 4.79 Å². The Kier molecular flexibility index (Phi) is 5.20. The van der Waals surface area contributed by atoms with Gasteiger partial charge in [-0.1, -0.05) is 31.9 Å². The van der Waals surface area contributed by atoms with Gasteiger partial charge in [-0.05, 0) is 30.9 Å². The Morgan fingerprint density at radius 3 is 2.71 bits per heavy atom. The van der Waals surface area contributed by atoms with Gasteiger partial charge in [0.05, 0.1) is 5.56 Å². The van der Waals surface area contributed by atoms with Crippen LogP contribution in [0.4, 0.5) is 0 Å². The third-order valence-corrected chi connectivity index (χ3v) is 3.97. The molecule has 21 heavy (non-hydrogen) atoms. The summed E-state index contributed by atoms with van der Waals surface area (Å²) in [5.41, 5.74) is 5.56. The summed E-state index contributed by atoms with van der Waals surface area (Å²) in [6.07, 6.45) is 4.55. The quantitative estimate of drug-likeness (QED) is 0.868. The average molecular weight is 290 g/mol. The number of benzene rings is 1. The van der Waals surface area contributed by atoms with Crippen LogP contribution in [0.5, 0.6) is 5.75 Å². The maximum Gasteiger partial charge on any atom is 0.258 e. The number of nitrogens with two attached hydrogens (primary N) is 1. The zero-order chi connectivity index (χ0) is 15.2. The standard InChI is InChI=1S/C16H22N2O3/c1-11-6-2-4-8-13(11)18-15(19)10-21-14-9-5-3-7-12(14)16(17)20/h3,5,7,9,11,13H,2,4,6,8,10H2,1H3,(H2,17,20)(H,18,19)/t11-,13+/m0/s1. The zero-order valence-electron chi connectivity index (χ0n) is 12.3. The summed E-state index contributed by atoms with van der Waals surface area (Å²) < 4.78 is 5.42. The monoisotopic (exact) mass is 290 g/mol. The number of carbonyl (C=O) groups is 2. The fourth-order valence-corrected chi connectivity index (χ4v) is 2.72. The van der Waals surface area contributed by atoms with Crippen molar-refractivity contribution < 1.29 is 14.3 Å². The van der Waals surface area contributed by atoms with Crippen molar-refractivity contribution in [2.45, 2.75) is 38.6 Å². The van der Waals surface area contributed by atoms with Crippen molar-refractivity contribution in [2.24, 2.45) is 11.7 Å². The summed E-state index contributed by atoms with van der Waals surface area (Å²) in [6, 6.07) is 6.89. The number of amides is 2. The van der Waals surface area contributed by atoms with E-state index in [2.05, 4.69) is 12.2 Å². The fourth-order valence-electron chi connectivity index (χ4n) is 2.72. The van der Waals surface area contributed by atoms with Crippen LogP contribution in [0.25, 0.3) is 0 Å². The lowest BCUT2D eigenvalue weighted by Crippen LogP contribution is -2.43. The highest BCUT2D eigenvalue weighted by molar-refractivity contribution is 5.95. The van der Waals surface area contributed by atoms with Crippen LogP contribution in [0.2, 0.25) is 0 Å². The number of para-hydroxylation sites is 1. The highest BCUT2D eigenvalue weighted by Gasteiger charge is 2.23. The van der Waals surface area contributed by atoms with Crippen LogP contribution in [-0.4, -0.2) is 24.5 Å². The van der Waals surface area contributed by atoms with Gasteiger partial charge in [-0.3, -0.25) is 9.59 Å². The highest BCUT2D eigenvalue weighted by Crippen LogP contribution is 2.23. The number of hydrogen-bond acceptors (Lipinski definition) is 3. The molecule has 0 bridgehead atoms. The average Bonchev–Trinajstić information content (AvgIpc) is 2.48. The number of rotatable bonds is 5. The molecule has 1 aliphatic rings. The third kappa shape index (κ3) is 4.21. The Hall–Kier alpha value is -2.04. The van der Waals surface area contributed by atoms with Crippen LogP contribution in [0.3, 0.4) is 0 Å². The minimum absolute atomic E-state index is 0.104. The maximum atomic E-state index is 12.0. The Morgan fingerprint density at radius 1 is 1.29 bits per heavy atom. The van der Waals surface area contributed by atoms with Crippen LogP contribution in [0, 0.1) is 5.92 Å². The van der Waals surface area contributed by atoms with Gasteiger partial charge in [0, 0.05) is 6.04 Å². The molecule has 0 heterocycles. The molecule has 1 fully saturated rings. The van der Waals surface area contributed by atoms with Gasteiger partial charge in [0.2, 0.25) is 0 Å². The second-order valence-corrected chi connectivity index (χ2v) is 5.58. The molecule has 2 rings (SSSR count). The number of carbonyl (C=O) groups excluding carboxylic acids is 2. The van der Waals surface area contributed by atoms with E-state index in [-0.39, 0.29) is 24.1 Å². The van der Waals surface area contributed by atoms with Crippen LogP contribution in [0.1, 0.15) is 43.0 Å². The Morgan fingerprint density at radius 2 is 2.00 bits per heavy atom. The highest BCUT2D eigenvalue weighted by atomic mass is 16.5. The lowest BCUT2D eigenvalue weighted by molar-refractivity contribution is -0.124. The van der Waals surface area contributed by atoms with Crippen molar-refractivity contribution >= 4 is 11.8 Å². The van der Waals surface area contributed by atoms with Gasteiger partial charge in [-0.2, -0.15) is 0 Å². The second-order valence-electron chi connectivity index (χ2n) is 5.58. The molecule has 0 radical (unpaired) electrons. The first-order valence-corrected chi connectivity index (χ1v) is 7.39. The lowest BCUT2D eigenvalue weighted by atomic mass is 9.86. The van der Waals surface area contributed by atoms with Crippen molar-refractivity contribution in [3.63, 3.8) is 0 Å². The third-order valence-electron chi connectivity index (χ3n) is 3.97. The topological polar surface area (TPSA) is 81.4 Å². The van der Waals surface area contributed by atoms with Crippen LogP contribution >= 0.6 is 0 Å². The molecular formula is C16H22N2O3. The van der Waals surface area contributed by atoms with Crippen molar-refractivity contribution in [3.05, 3.63) is 29.8 Å². The van der Waals surface area contributed by atoms with Gasteiger partial charge < -0.3 is 15.8 Å². The second kappa shape index (κ2) is 7.11. The Balaban J connectivity index is 1.88. The molecule has 3 N–H and O–H groups in total. The van der Waals surface area contributed by atoms with Crippen molar-refractivity contribution in [1.82, 2.24) is 5.32 Å². The first kappa shape index (κ1) is 15.4. The van der Waals surface area contributed by atoms with E-state index in [1.54, 1.807) is 24.3 Å². The SMILES string of the molecule is C[C@H]1CCCC[C@H]1NC(=O)COc1ccccc1C(N)=O.